The zero-order valence-electron chi connectivity index (χ0n) is 14.0. The van der Waals surface area contributed by atoms with E-state index in [9.17, 15) is 14.4 Å². The second kappa shape index (κ2) is 8.47. The molecule has 0 bridgehead atoms. The fraction of sp³-hybridized carbons (Fsp3) is 0.500. The summed E-state index contributed by atoms with van der Waals surface area (Å²) < 4.78 is 0. The highest BCUT2D eigenvalue weighted by molar-refractivity contribution is 5.87. The third kappa shape index (κ3) is 5.08. The van der Waals surface area contributed by atoms with Crippen LogP contribution in [0.2, 0.25) is 0 Å². The van der Waals surface area contributed by atoms with Crippen molar-refractivity contribution in [3.63, 3.8) is 0 Å². The van der Waals surface area contributed by atoms with E-state index in [0.717, 1.165) is 18.4 Å². The Balaban J connectivity index is 1.75. The van der Waals surface area contributed by atoms with E-state index in [4.69, 9.17) is 5.11 Å². The van der Waals surface area contributed by atoms with Gasteiger partial charge in [0, 0.05) is 33.0 Å². The third-order valence-electron chi connectivity index (χ3n) is 4.55. The molecule has 0 unspecified atom stereocenters. The first-order chi connectivity index (χ1) is 11.5. The molecule has 1 saturated heterocycles. The van der Waals surface area contributed by atoms with Crippen LogP contribution in [0.5, 0.6) is 0 Å². The van der Waals surface area contributed by atoms with Crippen molar-refractivity contribution in [1.29, 1.82) is 0 Å². The molecule has 1 heterocycles. The maximum Gasteiger partial charge on any atom is 0.335 e. The van der Waals surface area contributed by atoms with E-state index in [1.54, 1.807) is 31.3 Å². The molecule has 6 nitrogen and oxygen atoms in total. The zero-order valence-corrected chi connectivity index (χ0v) is 14.0. The summed E-state index contributed by atoms with van der Waals surface area (Å²) in [5, 5.41) is 11.5. The van der Waals surface area contributed by atoms with Crippen LogP contribution in [0.15, 0.2) is 24.3 Å². The summed E-state index contributed by atoms with van der Waals surface area (Å²) in [6.07, 6.45) is 3.30. The molecule has 0 aromatic heterocycles. The second-order valence-electron chi connectivity index (χ2n) is 6.20. The molecule has 0 saturated carbocycles. The fourth-order valence-corrected chi connectivity index (χ4v) is 2.97. The van der Waals surface area contributed by atoms with E-state index in [2.05, 4.69) is 5.32 Å². The molecule has 1 aromatic carbocycles. The van der Waals surface area contributed by atoms with E-state index >= 15 is 0 Å². The Labute approximate surface area is 141 Å². The Bertz CT molecular complexity index is 590. The molecule has 6 heteroatoms. The lowest BCUT2D eigenvalue weighted by molar-refractivity contribution is -0.132. The Kier molecular flexibility index (Phi) is 6.35. The molecular formula is C18H24N2O4. The van der Waals surface area contributed by atoms with Gasteiger partial charge in [-0.3, -0.25) is 9.59 Å². The van der Waals surface area contributed by atoms with Gasteiger partial charge in [0.15, 0.2) is 0 Å². The quantitative estimate of drug-likeness (QED) is 0.830. The predicted molar refractivity (Wildman–Crippen MR) is 89.7 cm³/mol. The van der Waals surface area contributed by atoms with Crippen molar-refractivity contribution >= 4 is 17.8 Å². The molecular weight excluding hydrogens is 308 g/mol. The van der Waals surface area contributed by atoms with Crippen molar-refractivity contribution in [3.05, 3.63) is 35.4 Å². The number of hydrogen-bond acceptors (Lipinski definition) is 3. The smallest absolute Gasteiger partial charge is 0.335 e. The Morgan fingerprint density at radius 3 is 2.33 bits per heavy atom. The van der Waals surface area contributed by atoms with Crippen LogP contribution in [-0.2, 0) is 16.0 Å². The molecule has 1 aliphatic heterocycles. The van der Waals surface area contributed by atoms with Crippen LogP contribution in [0.1, 0.15) is 41.6 Å². The first-order valence-corrected chi connectivity index (χ1v) is 8.30. The summed E-state index contributed by atoms with van der Waals surface area (Å²) in [5.41, 5.74) is 1.21. The van der Waals surface area contributed by atoms with Crippen LogP contribution in [0.3, 0.4) is 0 Å². The standard InChI is InChI=1S/C18H24N2O4/c1-19-16(21)12-14-8-10-20(11-9-14)17(22)7-4-13-2-5-15(6-3-13)18(23)24/h2-3,5-6,14H,4,7-12H2,1H3,(H,19,21)(H,23,24). The molecule has 1 aromatic rings. The van der Waals surface area contributed by atoms with E-state index in [1.165, 1.54) is 0 Å². The summed E-state index contributed by atoms with van der Waals surface area (Å²) in [4.78, 5) is 36.4. The highest BCUT2D eigenvalue weighted by Crippen LogP contribution is 2.21. The number of hydrogen-bond donors (Lipinski definition) is 2. The van der Waals surface area contributed by atoms with Crippen LogP contribution in [0, 0.1) is 5.92 Å². The number of carbonyl (C=O) groups is 3. The highest BCUT2D eigenvalue weighted by atomic mass is 16.4. The van der Waals surface area contributed by atoms with Crippen molar-refractivity contribution in [3.8, 4) is 0 Å². The SMILES string of the molecule is CNC(=O)CC1CCN(C(=O)CCc2ccc(C(=O)O)cc2)CC1. The number of nitrogens with zero attached hydrogens (tertiary/aromatic N) is 1. The van der Waals surface area contributed by atoms with Gasteiger partial charge < -0.3 is 15.3 Å². The van der Waals surface area contributed by atoms with E-state index in [-0.39, 0.29) is 17.4 Å². The van der Waals surface area contributed by atoms with Crippen LogP contribution in [0.25, 0.3) is 0 Å². The lowest BCUT2D eigenvalue weighted by Gasteiger charge is -2.31. The number of piperidine rings is 1. The number of rotatable bonds is 6. The lowest BCUT2D eigenvalue weighted by atomic mass is 9.93. The molecule has 2 rings (SSSR count). The monoisotopic (exact) mass is 332 g/mol. The average molecular weight is 332 g/mol. The Hall–Kier alpha value is -2.37. The Morgan fingerprint density at radius 1 is 1.17 bits per heavy atom. The number of carbonyl (C=O) groups excluding carboxylic acids is 2. The maximum absolute atomic E-state index is 12.3. The van der Waals surface area contributed by atoms with Crippen molar-refractivity contribution in [2.75, 3.05) is 20.1 Å². The summed E-state index contributed by atoms with van der Waals surface area (Å²) in [7, 11) is 1.64. The number of aryl methyl sites for hydroxylation is 1. The molecule has 0 aliphatic carbocycles. The molecule has 0 spiro atoms. The fourth-order valence-electron chi connectivity index (χ4n) is 2.97. The van der Waals surface area contributed by atoms with Crippen LogP contribution < -0.4 is 5.32 Å². The predicted octanol–water partition coefficient (Wildman–Crippen LogP) is 1.69. The van der Waals surface area contributed by atoms with Gasteiger partial charge in [0.05, 0.1) is 5.56 Å². The van der Waals surface area contributed by atoms with Gasteiger partial charge in [-0.1, -0.05) is 12.1 Å². The summed E-state index contributed by atoms with van der Waals surface area (Å²) in [6, 6.07) is 6.64. The van der Waals surface area contributed by atoms with E-state index in [0.29, 0.717) is 38.3 Å². The average Bonchev–Trinajstić information content (AvgIpc) is 2.60. The van der Waals surface area contributed by atoms with Gasteiger partial charge in [0.2, 0.25) is 11.8 Å². The van der Waals surface area contributed by atoms with Gasteiger partial charge in [0.25, 0.3) is 0 Å². The van der Waals surface area contributed by atoms with Crippen LogP contribution in [-0.4, -0.2) is 47.9 Å². The number of amides is 2. The molecule has 1 aliphatic rings. The zero-order chi connectivity index (χ0) is 17.5. The number of nitrogens with one attached hydrogen (secondary N) is 1. The third-order valence-corrected chi connectivity index (χ3v) is 4.55. The van der Waals surface area contributed by atoms with E-state index in [1.807, 2.05) is 4.90 Å². The topological polar surface area (TPSA) is 86.7 Å². The minimum absolute atomic E-state index is 0.0598. The van der Waals surface area contributed by atoms with Gasteiger partial charge >= 0.3 is 5.97 Å². The molecule has 0 radical (unpaired) electrons. The number of likely N-dealkylation sites (tertiary alicyclic amines) is 1. The van der Waals surface area contributed by atoms with Crippen LogP contribution in [0.4, 0.5) is 0 Å². The first-order valence-electron chi connectivity index (χ1n) is 8.30. The Morgan fingerprint density at radius 2 is 1.79 bits per heavy atom. The van der Waals surface area contributed by atoms with Gasteiger partial charge in [-0.25, -0.2) is 4.79 Å². The highest BCUT2D eigenvalue weighted by Gasteiger charge is 2.23. The van der Waals surface area contributed by atoms with Crippen molar-refractivity contribution in [1.82, 2.24) is 10.2 Å². The first kappa shape index (κ1) is 18.0. The van der Waals surface area contributed by atoms with Gasteiger partial charge in [0.1, 0.15) is 0 Å². The summed E-state index contributed by atoms with van der Waals surface area (Å²) >= 11 is 0. The molecule has 24 heavy (non-hydrogen) atoms. The number of aromatic carboxylic acids is 1. The normalized spacial score (nSPS) is 15.1. The van der Waals surface area contributed by atoms with Crippen molar-refractivity contribution < 1.29 is 19.5 Å². The minimum atomic E-state index is -0.947. The van der Waals surface area contributed by atoms with Crippen molar-refractivity contribution in [2.45, 2.75) is 32.1 Å². The summed E-state index contributed by atoms with van der Waals surface area (Å²) in [6.45, 7) is 1.41. The maximum atomic E-state index is 12.3. The van der Waals surface area contributed by atoms with Gasteiger partial charge in [-0.2, -0.15) is 0 Å². The minimum Gasteiger partial charge on any atom is -0.478 e. The van der Waals surface area contributed by atoms with E-state index < -0.39 is 5.97 Å². The number of benzene rings is 1. The van der Waals surface area contributed by atoms with Gasteiger partial charge in [-0.15, -0.1) is 0 Å². The van der Waals surface area contributed by atoms with Crippen molar-refractivity contribution in [2.24, 2.45) is 5.92 Å². The number of carboxylic acid groups (broad SMARTS) is 1. The van der Waals surface area contributed by atoms with Crippen LogP contribution >= 0.6 is 0 Å². The molecule has 1 fully saturated rings. The lowest BCUT2D eigenvalue weighted by Crippen LogP contribution is -2.39. The second-order valence-corrected chi connectivity index (χ2v) is 6.20. The molecule has 2 amide bonds. The largest absolute Gasteiger partial charge is 0.478 e. The van der Waals surface area contributed by atoms with Gasteiger partial charge in [-0.05, 0) is 42.9 Å². The molecule has 2 N–H and O–H groups in total. The molecule has 130 valence electrons. The summed E-state index contributed by atoms with van der Waals surface area (Å²) in [5.74, 6) is -0.407. The number of carboxylic acids is 1. The molecule has 0 atom stereocenters.